The molecule has 5 heteroatoms. The molecular formula is C15H18FNO3. The Kier molecular flexibility index (Phi) is 4.71. The smallest absolute Gasteiger partial charge is 0.308 e. The van der Waals surface area contributed by atoms with Crippen LogP contribution in [0.3, 0.4) is 0 Å². The molecule has 0 saturated heterocycles. The van der Waals surface area contributed by atoms with Gasteiger partial charge in [-0.15, -0.1) is 0 Å². The number of methoxy groups -OCH3 is 1. The highest BCUT2D eigenvalue weighted by Crippen LogP contribution is 2.32. The van der Waals surface area contributed by atoms with Crippen LogP contribution in [0.1, 0.15) is 31.2 Å². The SMILES string of the molecule is COC(=O)[C@H]1CC[C@H](/C(=N/O)c2ccccc2F)CC1. The number of rotatable bonds is 3. The fourth-order valence-electron chi connectivity index (χ4n) is 2.79. The normalized spacial score (nSPS) is 23.4. The summed E-state index contributed by atoms with van der Waals surface area (Å²) in [5, 5.41) is 12.5. The van der Waals surface area contributed by atoms with Crippen molar-refractivity contribution in [1.29, 1.82) is 0 Å². The Labute approximate surface area is 117 Å². The number of halogens is 1. The van der Waals surface area contributed by atoms with E-state index in [0.29, 0.717) is 37.0 Å². The highest BCUT2D eigenvalue weighted by atomic mass is 19.1. The van der Waals surface area contributed by atoms with Gasteiger partial charge in [-0.05, 0) is 31.7 Å². The van der Waals surface area contributed by atoms with Gasteiger partial charge in [0.25, 0.3) is 0 Å². The molecule has 1 aromatic carbocycles. The van der Waals surface area contributed by atoms with Gasteiger partial charge in [0.1, 0.15) is 5.82 Å². The molecule has 2 rings (SSSR count). The van der Waals surface area contributed by atoms with Gasteiger partial charge < -0.3 is 9.94 Å². The molecule has 0 heterocycles. The van der Waals surface area contributed by atoms with Crippen molar-refractivity contribution in [3.05, 3.63) is 35.6 Å². The van der Waals surface area contributed by atoms with Crippen LogP contribution in [-0.2, 0) is 9.53 Å². The number of carbonyl (C=O) groups excluding carboxylic acids is 1. The molecule has 4 nitrogen and oxygen atoms in total. The third kappa shape index (κ3) is 2.98. The fourth-order valence-corrected chi connectivity index (χ4v) is 2.79. The molecule has 0 aromatic heterocycles. The van der Waals surface area contributed by atoms with Gasteiger partial charge in [-0.25, -0.2) is 4.39 Å². The molecular weight excluding hydrogens is 261 g/mol. The Morgan fingerprint density at radius 3 is 2.40 bits per heavy atom. The highest BCUT2D eigenvalue weighted by molar-refractivity contribution is 6.02. The first kappa shape index (κ1) is 14.5. The Hall–Kier alpha value is -1.91. The predicted octanol–water partition coefficient (Wildman–Crippen LogP) is 2.98. The van der Waals surface area contributed by atoms with Crippen LogP contribution in [0.4, 0.5) is 4.39 Å². The fraction of sp³-hybridized carbons (Fsp3) is 0.467. The second kappa shape index (κ2) is 6.50. The van der Waals surface area contributed by atoms with Crippen molar-refractivity contribution in [3.63, 3.8) is 0 Å². The Morgan fingerprint density at radius 2 is 1.85 bits per heavy atom. The quantitative estimate of drug-likeness (QED) is 0.400. The molecule has 0 bridgehead atoms. The van der Waals surface area contributed by atoms with Crippen LogP contribution in [0.25, 0.3) is 0 Å². The molecule has 1 N–H and O–H groups in total. The number of oxime groups is 1. The summed E-state index contributed by atoms with van der Waals surface area (Å²) < 4.78 is 18.5. The average molecular weight is 279 g/mol. The van der Waals surface area contributed by atoms with Crippen LogP contribution < -0.4 is 0 Å². The average Bonchev–Trinajstić information content (AvgIpc) is 2.50. The van der Waals surface area contributed by atoms with Crippen molar-refractivity contribution in [1.82, 2.24) is 0 Å². The summed E-state index contributed by atoms with van der Waals surface area (Å²) in [6.07, 6.45) is 2.72. The molecule has 1 fully saturated rings. The lowest BCUT2D eigenvalue weighted by atomic mass is 9.78. The van der Waals surface area contributed by atoms with Crippen molar-refractivity contribution in [2.45, 2.75) is 25.7 Å². The summed E-state index contributed by atoms with van der Waals surface area (Å²) in [6, 6.07) is 6.27. The van der Waals surface area contributed by atoms with Gasteiger partial charge in [0.05, 0.1) is 18.7 Å². The Balaban J connectivity index is 2.09. The Morgan fingerprint density at radius 1 is 1.25 bits per heavy atom. The first-order chi connectivity index (χ1) is 9.67. The topological polar surface area (TPSA) is 58.9 Å². The number of esters is 1. The minimum Gasteiger partial charge on any atom is -0.469 e. The van der Waals surface area contributed by atoms with E-state index in [0.717, 1.165) is 0 Å². The Bertz CT molecular complexity index is 508. The van der Waals surface area contributed by atoms with Gasteiger partial charge in [-0.2, -0.15) is 0 Å². The van der Waals surface area contributed by atoms with Gasteiger partial charge in [0.15, 0.2) is 0 Å². The molecule has 1 saturated carbocycles. The maximum atomic E-state index is 13.8. The van der Waals surface area contributed by atoms with Crippen molar-refractivity contribution in [2.24, 2.45) is 17.0 Å². The molecule has 1 aromatic rings. The molecule has 20 heavy (non-hydrogen) atoms. The third-order valence-electron chi connectivity index (χ3n) is 3.91. The molecule has 0 radical (unpaired) electrons. The molecule has 0 aliphatic heterocycles. The van der Waals surface area contributed by atoms with Gasteiger partial charge in [0.2, 0.25) is 0 Å². The van der Waals surface area contributed by atoms with E-state index in [2.05, 4.69) is 5.16 Å². The monoisotopic (exact) mass is 279 g/mol. The van der Waals surface area contributed by atoms with Crippen molar-refractivity contribution in [2.75, 3.05) is 7.11 Å². The van der Waals surface area contributed by atoms with Crippen LogP contribution in [0.15, 0.2) is 29.4 Å². The first-order valence-electron chi connectivity index (χ1n) is 6.72. The number of hydrogen-bond acceptors (Lipinski definition) is 4. The molecule has 1 aliphatic carbocycles. The standard InChI is InChI=1S/C15H18FNO3/c1-20-15(18)11-8-6-10(7-9-11)14(17-19)12-4-2-3-5-13(12)16/h2-5,10-11,19H,6-9H2,1H3/b17-14-/t10-,11-. The zero-order valence-electron chi connectivity index (χ0n) is 11.4. The molecule has 1 aliphatic rings. The van der Waals surface area contributed by atoms with Gasteiger partial charge >= 0.3 is 5.97 Å². The lowest BCUT2D eigenvalue weighted by Crippen LogP contribution is -2.27. The first-order valence-corrected chi connectivity index (χ1v) is 6.72. The number of ether oxygens (including phenoxy) is 1. The highest BCUT2D eigenvalue weighted by Gasteiger charge is 2.30. The van der Waals surface area contributed by atoms with Crippen LogP contribution in [-0.4, -0.2) is 24.0 Å². The molecule has 0 spiro atoms. The minimum absolute atomic E-state index is 0.0298. The van der Waals surface area contributed by atoms with Gasteiger partial charge in [-0.1, -0.05) is 23.4 Å². The largest absolute Gasteiger partial charge is 0.469 e. The summed E-state index contributed by atoms with van der Waals surface area (Å²) in [7, 11) is 1.38. The van der Waals surface area contributed by atoms with E-state index in [4.69, 9.17) is 4.74 Å². The molecule has 108 valence electrons. The van der Waals surface area contributed by atoms with Crippen LogP contribution in [0.2, 0.25) is 0 Å². The van der Waals surface area contributed by atoms with Crippen LogP contribution in [0, 0.1) is 17.7 Å². The second-order valence-electron chi connectivity index (χ2n) is 5.04. The van der Waals surface area contributed by atoms with E-state index < -0.39 is 5.82 Å². The number of benzene rings is 1. The molecule has 0 amide bonds. The molecule has 0 atom stereocenters. The summed E-state index contributed by atoms with van der Waals surface area (Å²) >= 11 is 0. The zero-order valence-corrected chi connectivity index (χ0v) is 11.4. The van der Waals surface area contributed by atoms with E-state index >= 15 is 0 Å². The van der Waals surface area contributed by atoms with Crippen LogP contribution in [0.5, 0.6) is 0 Å². The van der Waals surface area contributed by atoms with Crippen molar-refractivity contribution in [3.8, 4) is 0 Å². The van der Waals surface area contributed by atoms with E-state index in [1.807, 2.05) is 0 Å². The lowest BCUT2D eigenvalue weighted by molar-refractivity contribution is -0.146. The molecule has 0 unspecified atom stereocenters. The summed E-state index contributed by atoms with van der Waals surface area (Å²) in [6.45, 7) is 0. The number of hydrogen-bond donors (Lipinski definition) is 1. The maximum Gasteiger partial charge on any atom is 0.308 e. The van der Waals surface area contributed by atoms with Crippen LogP contribution >= 0.6 is 0 Å². The minimum atomic E-state index is -0.393. The van der Waals surface area contributed by atoms with E-state index in [9.17, 15) is 14.4 Å². The summed E-state index contributed by atoms with van der Waals surface area (Å²) in [5.41, 5.74) is 0.697. The van der Waals surface area contributed by atoms with Gasteiger partial charge in [0, 0.05) is 11.5 Å². The van der Waals surface area contributed by atoms with E-state index in [1.165, 1.54) is 13.2 Å². The predicted molar refractivity (Wildman–Crippen MR) is 72.2 cm³/mol. The van der Waals surface area contributed by atoms with Crippen molar-refractivity contribution >= 4 is 11.7 Å². The lowest BCUT2D eigenvalue weighted by Gasteiger charge is -2.27. The third-order valence-corrected chi connectivity index (χ3v) is 3.91. The van der Waals surface area contributed by atoms with E-state index in [-0.39, 0.29) is 17.8 Å². The summed E-state index contributed by atoms with van der Waals surface area (Å²) in [5.74, 6) is -0.721. The number of nitrogens with zero attached hydrogens (tertiary/aromatic N) is 1. The summed E-state index contributed by atoms with van der Waals surface area (Å²) in [4.78, 5) is 11.5. The number of carbonyl (C=O) groups is 1. The van der Waals surface area contributed by atoms with E-state index in [1.54, 1.807) is 18.2 Å². The van der Waals surface area contributed by atoms with Crippen molar-refractivity contribution < 1.29 is 19.1 Å². The maximum absolute atomic E-state index is 13.8. The second-order valence-corrected chi connectivity index (χ2v) is 5.04. The zero-order chi connectivity index (χ0) is 14.5. The van der Waals surface area contributed by atoms with Gasteiger partial charge in [-0.3, -0.25) is 4.79 Å².